The van der Waals surface area contributed by atoms with Crippen LogP contribution in [-0.4, -0.2) is 50.3 Å². The van der Waals surface area contributed by atoms with Gasteiger partial charge in [0.25, 0.3) is 0 Å². The fraction of sp³-hybridized carbons (Fsp3) is 0.500. The predicted molar refractivity (Wildman–Crippen MR) is 64.4 cm³/mol. The summed E-state index contributed by atoms with van der Waals surface area (Å²) in [6.45, 7) is 4.18. The van der Waals surface area contributed by atoms with E-state index in [-0.39, 0.29) is 5.75 Å². The molecule has 0 unspecified atom stereocenters. The molecule has 16 heavy (non-hydrogen) atoms. The van der Waals surface area contributed by atoms with Crippen LogP contribution in [0.4, 0.5) is 5.69 Å². The highest BCUT2D eigenvalue weighted by molar-refractivity contribution is 5.56. The third-order valence-electron chi connectivity index (χ3n) is 3.03. The van der Waals surface area contributed by atoms with E-state index in [1.54, 1.807) is 13.2 Å². The van der Waals surface area contributed by atoms with Crippen molar-refractivity contribution in [3.05, 3.63) is 18.2 Å². The largest absolute Gasteiger partial charge is 0.504 e. The van der Waals surface area contributed by atoms with Gasteiger partial charge in [-0.2, -0.15) is 0 Å². The first-order valence-corrected chi connectivity index (χ1v) is 5.51. The summed E-state index contributed by atoms with van der Waals surface area (Å²) >= 11 is 0. The van der Waals surface area contributed by atoms with E-state index < -0.39 is 0 Å². The molecule has 1 aromatic rings. The van der Waals surface area contributed by atoms with Crippen LogP contribution in [0.1, 0.15) is 0 Å². The van der Waals surface area contributed by atoms with Crippen LogP contribution in [0.15, 0.2) is 18.2 Å². The van der Waals surface area contributed by atoms with Crippen molar-refractivity contribution >= 4 is 5.69 Å². The molecule has 1 aromatic carbocycles. The van der Waals surface area contributed by atoms with Gasteiger partial charge in [-0.15, -0.1) is 0 Å². The van der Waals surface area contributed by atoms with Crippen molar-refractivity contribution in [1.82, 2.24) is 4.90 Å². The van der Waals surface area contributed by atoms with Gasteiger partial charge in [0.1, 0.15) is 0 Å². The molecule has 1 aliphatic rings. The molecule has 88 valence electrons. The van der Waals surface area contributed by atoms with Crippen LogP contribution < -0.4 is 9.64 Å². The molecule has 1 N–H and O–H groups in total. The van der Waals surface area contributed by atoms with E-state index >= 15 is 0 Å². The second kappa shape index (κ2) is 4.61. The Kier molecular flexibility index (Phi) is 3.19. The quantitative estimate of drug-likeness (QED) is 0.814. The average Bonchev–Trinajstić information content (AvgIpc) is 2.31. The lowest BCUT2D eigenvalue weighted by molar-refractivity contribution is 0.312. The van der Waals surface area contributed by atoms with Crippen molar-refractivity contribution in [3.63, 3.8) is 0 Å². The molecule has 0 atom stereocenters. The first kappa shape index (κ1) is 11.1. The summed E-state index contributed by atoms with van der Waals surface area (Å²) in [5, 5.41) is 9.52. The molecule has 0 aromatic heterocycles. The number of methoxy groups -OCH3 is 1. The lowest BCUT2D eigenvalue weighted by Crippen LogP contribution is -2.44. The number of aromatic hydroxyl groups is 1. The Morgan fingerprint density at radius 1 is 1.19 bits per heavy atom. The van der Waals surface area contributed by atoms with Gasteiger partial charge >= 0.3 is 0 Å². The number of nitrogens with zero attached hydrogens (tertiary/aromatic N) is 2. The van der Waals surface area contributed by atoms with Crippen LogP contribution in [0.25, 0.3) is 0 Å². The Labute approximate surface area is 96.0 Å². The predicted octanol–water partition coefficient (Wildman–Crippen LogP) is 1.15. The molecule has 1 aliphatic heterocycles. The molecule has 0 bridgehead atoms. The number of phenolic OH excluding ortho intramolecular Hbond substituents is 1. The Bertz CT molecular complexity index is 360. The number of hydrogen-bond donors (Lipinski definition) is 1. The molecule has 0 radical (unpaired) electrons. The van der Waals surface area contributed by atoms with Gasteiger partial charge in [-0.3, -0.25) is 0 Å². The SMILES string of the molecule is COc1cc(N2CCN(C)CC2)ccc1O. The fourth-order valence-electron chi connectivity index (χ4n) is 1.93. The van der Waals surface area contributed by atoms with Crippen LogP contribution in [0.2, 0.25) is 0 Å². The van der Waals surface area contributed by atoms with Crippen molar-refractivity contribution in [2.24, 2.45) is 0 Å². The van der Waals surface area contributed by atoms with Gasteiger partial charge in [0.05, 0.1) is 7.11 Å². The highest BCUT2D eigenvalue weighted by atomic mass is 16.5. The highest BCUT2D eigenvalue weighted by Crippen LogP contribution is 2.30. The second-order valence-corrected chi connectivity index (χ2v) is 4.15. The summed E-state index contributed by atoms with van der Waals surface area (Å²) < 4.78 is 5.11. The van der Waals surface area contributed by atoms with Gasteiger partial charge in [-0.05, 0) is 19.2 Å². The standard InChI is InChI=1S/C12H18N2O2/c1-13-5-7-14(8-6-13)10-3-4-11(15)12(9-10)16-2/h3-4,9,15H,5-8H2,1-2H3. The zero-order valence-electron chi connectivity index (χ0n) is 9.81. The summed E-state index contributed by atoms with van der Waals surface area (Å²) in [5.41, 5.74) is 1.11. The van der Waals surface area contributed by atoms with Gasteiger partial charge in [-0.25, -0.2) is 0 Å². The molecule has 4 nitrogen and oxygen atoms in total. The summed E-state index contributed by atoms with van der Waals surface area (Å²) in [4.78, 5) is 4.62. The molecule has 1 heterocycles. The summed E-state index contributed by atoms with van der Waals surface area (Å²) in [6.07, 6.45) is 0. The number of benzene rings is 1. The first-order valence-electron chi connectivity index (χ1n) is 5.51. The van der Waals surface area contributed by atoms with Crippen LogP contribution in [-0.2, 0) is 0 Å². The van der Waals surface area contributed by atoms with E-state index in [0.29, 0.717) is 5.75 Å². The van der Waals surface area contributed by atoms with E-state index in [0.717, 1.165) is 31.9 Å². The maximum Gasteiger partial charge on any atom is 0.162 e. The Balaban J connectivity index is 2.14. The minimum absolute atomic E-state index is 0.195. The molecular weight excluding hydrogens is 204 g/mol. The zero-order chi connectivity index (χ0) is 11.5. The Hall–Kier alpha value is -1.42. The second-order valence-electron chi connectivity index (χ2n) is 4.15. The Morgan fingerprint density at radius 2 is 1.88 bits per heavy atom. The van der Waals surface area contributed by atoms with Crippen molar-refractivity contribution in [2.75, 3.05) is 45.2 Å². The molecule has 0 amide bonds. The van der Waals surface area contributed by atoms with Gasteiger partial charge in [-0.1, -0.05) is 0 Å². The molecule has 0 spiro atoms. The number of piperazine rings is 1. The van der Waals surface area contributed by atoms with Gasteiger partial charge < -0.3 is 19.6 Å². The topological polar surface area (TPSA) is 35.9 Å². The van der Waals surface area contributed by atoms with Crippen molar-refractivity contribution < 1.29 is 9.84 Å². The highest BCUT2D eigenvalue weighted by Gasteiger charge is 2.15. The monoisotopic (exact) mass is 222 g/mol. The smallest absolute Gasteiger partial charge is 0.162 e. The van der Waals surface area contributed by atoms with Crippen LogP contribution >= 0.6 is 0 Å². The maximum absolute atomic E-state index is 9.52. The van der Waals surface area contributed by atoms with Gasteiger partial charge in [0, 0.05) is 37.9 Å². The van der Waals surface area contributed by atoms with E-state index in [9.17, 15) is 5.11 Å². The van der Waals surface area contributed by atoms with E-state index in [4.69, 9.17) is 4.74 Å². The average molecular weight is 222 g/mol. The number of hydrogen-bond acceptors (Lipinski definition) is 4. The summed E-state index contributed by atoms with van der Waals surface area (Å²) in [5.74, 6) is 0.733. The van der Waals surface area contributed by atoms with E-state index in [2.05, 4.69) is 16.8 Å². The molecular formula is C12H18N2O2. The molecule has 4 heteroatoms. The fourth-order valence-corrected chi connectivity index (χ4v) is 1.93. The van der Waals surface area contributed by atoms with E-state index in [1.807, 2.05) is 12.1 Å². The molecule has 1 fully saturated rings. The van der Waals surface area contributed by atoms with Gasteiger partial charge in [0.15, 0.2) is 11.5 Å². The van der Waals surface area contributed by atoms with Crippen LogP contribution in [0.3, 0.4) is 0 Å². The summed E-state index contributed by atoms with van der Waals surface area (Å²) in [7, 11) is 3.71. The van der Waals surface area contributed by atoms with E-state index in [1.165, 1.54) is 0 Å². The minimum atomic E-state index is 0.195. The summed E-state index contributed by atoms with van der Waals surface area (Å²) in [6, 6.07) is 5.51. The number of likely N-dealkylation sites (N-methyl/N-ethyl adjacent to an activating group) is 1. The first-order chi connectivity index (χ1) is 7.70. The number of ether oxygens (including phenoxy) is 1. The lowest BCUT2D eigenvalue weighted by atomic mass is 10.2. The number of rotatable bonds is 2. The third kappa shape index (κ3) is 2.22. The van der Waals surface area contributed by atoms with Crippen molar-refractivity contribution in [3.8, 4) is 11.5 Å². The third-order valence-corrected chi connectivity index (χ3v) is 3.03. The van der Waals surface area contributed by atoms with Crippen LogP contribution in [0, 0.1) is 0 Å². The van der Waals surface area contributed by atoms with Crippen LogP contribution in [0.5, 0.6) is 11.5 Å². The molecule has 0 saturated carbocycles. The minimum Gasteiger partial charge on any atom is -0.504 e. The lowest BCUT2D eigenvalue weighted by Gasteiger charge is -2.34. The Morgan fingerprint density at radius 3 is 2.50 bits per heavy atom. The van der Waals surface area contributed by atoms with Crippen molar-refractivity contribution in [2.45, 2.75) is 0 Å². The number of phenols is 1. The van der Waals surface area contributed by atoms with Crippen molar-refractivity contribution in [1.29, 1.82) is 0 Å². The molecule has 1 saturated heterocycles. The number of anilines is 1. The van der Waals surface area contributed by atoms with Gasteiger partial charge in [0.2, 0.25) is 0 Å². The maximum atomic E-state index is 9.52. The zero-order valence-corrected chi connectivity index (χ0v) is 9.81. The normalized spacial score (nSPS) is 17.5. The molecule has 2 rings (SSSR count). The molecule has 0 aliphatic carbocycles.